The molecule has 0 aliphatic heterocycles. The molecule has 0 saturated carbocycles. The highest BCUT2D eigenvalue weighted by Crippen LogP contribution is 2.06. The van der Waals surface area contributed by atoms with E-state index in [2.05, 4.69) is 4.98 Å². The van der Waals surface area contributed by atoms with Crippen molar-refractivity contribution in [2.24, 2.45) is 0 Å². The Kier molecular flexibility index (Phi) is 3.45. The van der Waals surface area contributed by atoms with Crippen LogP contribution in [0.15, 0.2) is 41.2 Å². The molecular formula is C10H9NO4. The second-order valence-electron chi connectivity index (χ2n) is 2.69. The minimum absolute atomic E-state index is 0.0521. The number of aromatic nitrogens is 1. The van der Waals surface area contributed by atoms with Crippen LogP contribution >= 0.6 is 0 Å². The van der Waals surface area contributed by atoms with E-state index >= 15 is 0 Å². The molecule has 1 aromatic heterocycles. The Bertz CT molecular complexity index is 514. The molecule has 15 heavy (non-hydrogen) atoms. The zero-order valence-electron chi connectivity index (χ0n) is 7.68. The van der Waals surface area contributed by atoms with Gasteiger partial charge in [-0.25, -0.2) is 4.79 Å². The number of carboxylic acid groups (broad SMARTS) is 2. The maximum atomic E-state index is 10.8. The van der Waals surface area contributed by atoms with Crippen molar-refractivity contribution >= 4 is 17.1 Å². The molecule has 0 fully saturated rings. The largest absolute Gasteiger partial charge is 0.503 e. The van der Waals surface area contributed by atoms with Crippen LogP contribution in [0.3, 0.4) is 0 Å². The van der Waals surface area contributed by atoms with E-state index in [0.29, 0.717) is 0 Å². The average molecular weight is 207 g/mol. The third-order valence-corrected chi connectivity index (χ3v) is 1.63. The van der Waals surface area contributed by atoms with E-state index in [9.17, 15) is 4.79 Å². The van der Waals surface area contributed by atoms with Crippen LogP contribution < -0.4 is 5.56 Å². The number of benzene rings is 1. The lowest BCUT2D eigenvalue weighted by molar-refractivity contribution is 0.137. The molecule has 5 heteroatoms. The molecule has 2 aromatic rings. The number of aromatic amines is 1. The second kappa shape index (κ2) is 4.80. The summed E-state index contributed by atoms with van der Waals surface area (Å²) in [5.74, 6) is 0. The Morgan fingerprint density at radius 1 is 1.07 bits per heavy atom. The van der Waals surface area contributed by atoms with Gasteiger partial charge in [-0.1, -0.05) is 18.2 Å². The van der Waals surface area contributed by atoms with Gasteiger partial charge in [-0.05, 0) is 17.5 Å². The molecule has 1 aromatic carbocycles. The Morgan fingerprint density at radius 3 is 2.33 bits per heavy atom. The molecule has 0 aliphatic rings. The number of H-pyrrole nitrogens is 1. The molecule has 2 rings (SSSR count). The lowest BCUT2D eigenvalue weighted by Gasteiger charge is -1.93. The summed E-state index contributed by atoms with van der Waals surface area (Å²) in [6, 6.07) is 11.0. The maximum absolute atomic E-state index is 10.8. The van der Waals surface area contributed by atoms with Gasteiger partial charge in [0.25, 0.3) is 0 Å². The summed E-state index contributed by atoms with van der Waals surface area (Å²) in [6.45, 7) is 0. The van der Waals surface area contributed by atoms with Gasteiger partial charge in [-0.2, -0.15) is 0 Å². The van der Waals surface area contributed by atoms with E-state index in [4.69, 9.17) is 15.0 Å². The van der Waals surface area contributed by atoms with Crippen LogP contribution in [0.4, 0.5) is 4.79 Å². The molecule has 3 N–H and O–H groups in total. The van der Waals surface area contributed by atoms with Gasteiger partial charge in [0.05, 0.1) is 0 Å². The van der Waals surface area contributed by atoms with Gasteiger partial charge in [-0.3, -0.25) is 4.79 Å². The number of fused-ring (bicyclic) bond motifs is 1. The molecule has 1 heterocycles. The van der Waals surface area contributed by atoms with Crippen LogP contribution in [-0.2, 0) is 0 Å². The van der Waals surface area contributed by atoms with Gasteiger partial charge in [0, 0.05) is 11.6 Å². The second-order valence-corrected chi connectivity index (χ2v) is 2.69. The van der Waals surface area contributed by atoms with Gasteiger partial charge in [0.15, 0.2) is 0 Å². The third kappa shape index (κ3) is 3.51. The number of para-hydroxylation sites is 1. The third-order valence-electron chi connectivity index (χ3n) is 1.63. The zero-order chi connectivity index (χ0) is 11.3. The maximum Gasteiger partial charge on any atom is 0.503 e. The van der Waals surface area contributed by atoms with Crippen molar-refractivity contribution < 1.29 is 15.0 Å². The SMILES string of the molecule is O=C(O)O.O=c1ccc2ccccc2[nH]1. The highest BCUT2D eigenvalue weighted by atomic mass is 16.6. The standard InChI is InChI=1S/C9H7NO.CH2O3/c11-9-6-5-7-3-1-2-4-8(7)10-9;2-1(3)4/h1-6H,(H,10,11);(H2,2,3,4). The fraction of sp³-hybridized carbons (Fsp3) is 0. The van der Waals surface area contributed by atoms with Crippen molar-refractivity contribution in [3.63, 3.8) is 0 Å². The normalized spacial score (nSPS) is 9.07. The highest BCUT2D eigenvalue weighted by molar-refractivity contribution is 5.77. The molecule has 5 nitrogen and oxygen atoms in total. The summed E-state index contributed by atoms with van der Waals surface area (Å²) in [4.78, 5) is 22.1. The number of pyridine rings is 1. The Balaban J connectivity index is 0.000000245. The van der Waals surface area contributed by atoms with Gasteiger partial charge in [0.1, 0.15) is 0 Å². The van der Waals surface area contributed by atoms with Crippen LogP contribution in [0.5, 0.6) is 0 Å². The lowest BCUT2D eigenvalue weighted by Crippen LogP contribution is -2.01. The molecule has 0 bridgehead atoms. The van der Waals surface area contributed by atoms with Crippen molar-refractivity contribution in [3.8, 4) is 0 Å². The predicted octanol–water partition coefficient (Wildman–Crippen LogP) is 1.75. The topological polar surface area (TPSA) is 90.4 Å². The summed E-state index contributed by atoms with van der Waals surface area (Å²) in [6.07, 6.45) is -1.83. The van der Waals surface area contributed by atoms with Gasteiger partial charge < -0.3 is 15.2 Å². The number of hydrogen-bond acceptors (Lipinski definition) is 2. The first-order valence-electron chi connectivity index (χ1n) is 4.09. The molecule has 0 saturated heterocycles. The van der Waals surface area contributed by atoms with Gasteiger partial charge in [0.2, 0.25) is 5.56 Å². The first kappa shape index (κ1) is 10.8. The Morgan fingerprint density at radius 2 is 1.67 bits per heavy atom. The van der Waals surface area contributed by atoms with Crippen LogP contribution in [0.25, 0.3) is 10.9 Å². The van der Waals surface area contributed by atoms with Crippen molar-refractivity contribution in [2.75, 3.05) is 0 Å². The van der Waals surface area contributed by atoms with Gasteiger partial charge >= 0.3 is 6.16 Å². The molecular weight excluding hydrogens is 198 g/mol. The summed E-state index contributed by atoms with van der Waals surface area (Å²) in [5, 5.41) is 15.0. The zero-order valence-corrected chi connectivity index (χ0v) is 7.68. The van der Waals surface area contributed by atoms with E-state index in [1.54, 1.807) is 0 Å². The minimum atomic E-state index is -1.83. The molecule has 0 unspecified atom stereocenters. The monoisotopic (exact) mass is 207 g/mol. The van der Waals surface area contributed by atoms with Crippen molar-refractivity contribution in [1.29, 1.82) is 0 Å². The minimum Gasteiger partial charge on any atom is -0.450 e. The van der Waals surface area contributed by atoms with Crippen molar-refractivity contribution in [2.45, 2.75) is 0 Å². The van der Waals surface area contributed by atoms with E-state index in [1.165, 1.54) is 6.07 Å². The van der Waals surface area contributed by atoms with E-state index < -0.39 is 6.16 Å². The fourth-order valence-electron chi connectivity index (χ4n) is 1.10. The van der Waals surface area contributed by atoms with E-state index in [0.717, 1.165) is 10.9 Å². The summed E-state index contributed by atoms with van der Waals surface area (Å²) < 4.78 is 0. The first-order chi connectivity index (χ1) is 7.09. The summed E-state index contributed by atoms with van der Waals surface area (Å²) in [5.41, 5.74) is 0.837. The van der Waals surface area contributed by atoms with E-state index in [-0.39, 0.29) is 5.56 Å². The molecule has 0 aliphatic carbocycles. The molecule has 0 atom stereocenters. The molecule has 0 radical (unpaired) electrons. The number of hydrogen-bond donors (Lipinski definition) is 3. The summed E-state index contributed by atoms with van der Waals surface area (Å²) in [7, 11) is 0. The smallest absolute Gasteiger partial charge is 0.450 e. The van der Waals surface area contributed by atoms with Crippen molar-refractivity contribution in [1.82, 2.24) is 4.98 Å². The molecule has 78 valence electrons. The van der Waals surface area contributed by atoms with Crippen LogP contribution in [0.1, 0.15) is 0 Å². The van der Waals surface area contributed by atoms with Crippen molar-refractivity contribution in [3.05, 3.63) is 46.8 Å². The Hall–Kier alpha value is -2.30. The van der Waals surface area contributed by atoms with Crippen LogP contribution in [-0.4, -0.2) is 21.4 Å². The quantitative estimate of drug-likeness (QED) is 0.613. The number of nitrogens with one attached hydrogen (secondary N) is 1. The van der Waals surface area contributed by atoms with Crippen LogP contribution in [0, 0.1) is 0 Å². The van der Waals surface area contributed by atoms with Crippen LogP contribution in [0.2, 0.25) is 0 Å². The van der Waals surface area contributed by atoms with E-state index in [1.807, 2.05) is 30.3 Å². The summed E-state index contributed by atoms with van der Waals surface area (Å²) >= 11 is 0. The predicted molar refractivity (Wildman–Crippen MR) is 55.2 cm³/mol. The lowest BCUT2D eigenvalue weighted by atomic mass is 10.2. The fourth-order valence-corrected chi connectivity index (χ4v) is 1.10. The highest BCUT2D eigenvalue weighted by Gasteiger charge is 1.89. The first-order valence-corrected chi connectivity index (χ1v) is 4.09. The average Bonchev–Trinajstić information content (AvgIpc) is 2.16. The van der Waals surface area contributed by atoms with Gasteiger partial charge in [-0.15, -0.1) is 0 Å². The molecule has 0 spiro atoms. The number of rotatable bonds is 0. The molecule has 0 amide bonds. The number of carbonyl (C=O) groups is 1. The Labute approximate surface area is 84.6 Å².